The second-order valence-corrected chi connectivity index (χ2v) is 5.17. The van der Waals surface area contributed by atoms with Gasteiger partial charge in [0.25, 0.3) is 5.69 Å². The van der Waals surface area contributed by atoms with Gasteiger partial charge in [-0.15, -0.1) is 0 Å². The van der Waals surface area contributed by atoms with E-state index in [1.54, 1.807) is 13.0 Å². The van der Waals surface area contributed by atoms with Crippen LogP contribution in [0.4, 0.5) is 16.2 Å². The third-order valence-corrected chi connectivity index (χ3v) is 3.61. The Balaban J connectivity index is 2.84. The first-order valence-electron chi connectivity index (χ1n) is 6.77. The number of rotatable bonds is 6. The van der Waals surface area contributed by atoms with Crippen LogP contribution in [-0.4, -0.2) is 28.2 Å². The molecular weight excluding hydrogens is 274 g/mol. The van der Waals surface area contributed by atoms with Crippen molar-refractivity contribution in [3.63, 3.8) is 0 Å². The molecule has 116 valence electrons. The molecule has 7 heteroatoms. The summed E-state index contributed by atoms with van der Waals surface area (Å²) >= 11 is 0. The molecule has 2 amide bonds. The molecule has 0 heterocycles. The minimum atomic E-state index is -0.520. The lowest BCUT2D eigenvalue weighted by atomic mass is 9.95. The molecule has 1 unspecified atom stereocenters. The van der Waals surface area contributed by atoms with Crippen molar-refractivity contribution in [2.75, 3.05) is 11.9 Å². The van der Waals surface area contributed by atoms with Gasteiger partial charge >= 0.3 is 6.03 Å². The van der Waals surface area contributed by atoms with Gasteiger partial charge in [0, 0.05) is 18.2 Å². The van der Waals surface area contributed by atoms with Crippen molar-refractivity contribution in [1.29, 1.82) is 0 Å². The van der Waals surface area contributed by atoms with Crippen molar-refractivity contribution in [2.24, 2.45) is 0 Å². The molecule has 1 atom stereocenters. The fourth-order valence-electron chi connectivity index (χ4n) is 1.96. The lowest BCUT2D eigenvalue weighted by Crippen LogP contribution is -2.48. The van der Waals surface area contributed by atoms with E-state index in [1.165, 1.54) is 12.1 Å². The van der Waals surface area contributed by atoms with E-state index in [-0.39, 0.29) is 12.3 Å². The molecule has 0 aromatic heterocycles. The Labute approximate surface area is 123 Å². The third-order valence-electron chi connectivity index (χ3n) is 3.61. The summed E-state index contributed by atoms with van der Waals surface area (Å²) in [5, 5.41) is 25.3. The highest BCUT2D eigenvalue weighted by molar-refractivity contribution is 5.91. The largest absolute Gasteiger partial charge is 0.396 e. The number of carbonyl (C=O) groups is 1. The van der Waals surface area contributed by atoms with Crippen molar-refractivity contribution < 1.29 is 14.8 Å². The fraction of sp³-hybridized carbons (Fsp3) is 0.500. The zero-order chi connectivity index (χ0) is 16.0. The van der Waals surface area contributed by atoms with Crippen LogP contribution in [0.15, 0.2) is 18.2 Å². The van der Waals surface area contributed by atoms with Gasteiger partial charge in [0.2, 0.25) is 0 Å². The van der Waals surface area contributed by atoms with Gasteiger partial charge in [0.15, 0.2) is 0 Å². The molecule has 0 radical (unpaired) electrons. The SMILES string of the molecule is CCC(C)(CCO)NC(=O)Nc1cccc([N+](=O)[O-])c1C. The minimum absolute atomic E-state index is 0.0273. The molecule has 0 aliphatic rings. The monoisotopic (exact) mass is 295 g/mol. The normalized spacial score (nSPS) is 13.3. The molecule has 0 aliphatic heterocycles. The van der Waals surface area contributed by atoms with E-state index < -0.39 is 16.5 Å². The lowest BCUT2D eigenvalue weighted by molar-refractivity contribution is -0.385. The number of urea groups is 1. The quantitative estimate of drug-likeness (QED) is 0.554. The predicted molar refractivity (Wildman–Crippen MR) is 80.4 cm³/mol. The molecule has 0 spiro atoms. The van der Waals surface area contributed by atoms with Gasteiger partial charge in [0.05, 0.1) is 16.2 Å². The van der Waals surface area contributed by atoms with Gasteiger partial charge < -0.3 is 15.7 Å². The molecule has 0 bridgehead atoms. The maximum Gasteiger partial charge on any atom is 0.319 e. The number of hydrogen-bond acceptors (Lipinski definition) is 4. The van der Waals surface area contributed by atoms with Crippen LogP contribution < -0.4 is 10.6 Å². The molecule has 1 aromatic carbocycles. The minimum Gasteiger partial charge on any atom is -0.396 e. The molecule has 21 heavy (non-hydrogen) atoms. The highest BCUT2D eigenvalue weighted by atomic mass is 16.6. The number of nitrogens with zero attached hydrogens (tertiary/aromatic N) is 1. The number of hydrogen-bond donors (Lipinski definition) is 3. The van der Waals surface area contributed by atoms with Crippen molar-refractivity contribution in [3.05, 3.63) is 33.9 Å². The van der Waals surface area contributed by atoms with Crippen molar-refractivity contribution >= 4 is 17.4 Å². The van der Waals surface area contributed by atoms with E-state index in [4.69, 9.17) is 5.11 Å². The maximum absolute atomic E-state index is 12.0. The van der Waals surface area contributed by atoms with E-state index in [0.29, 0.717) is 24.1 Å². The summed E-state index contributed by atoms with van der Waals surface area (Å²) in [6.07, 6.45) is 1.10. The smallest absolute Gasteiger partial charge is 0.319 e. The van der Waals surface area contributed by atoms with Gasteiger partial charge in [0.1, 0.15) is 0 Å². The summed E-state index contributed by atoms with van der Waals surface area (Å²) in [5.74, 6) is 0. The topological polar surface area (TPSA) is 104 Å². The second kappa shape index (κ2) is 7.03. The number of anilines is 1. The van der Waals surface area contributed by atoms with Crippen LogP contribution in [0, 0.1) is 17.0 Å². The summed E-state index contributed by atoms with van der Waals surface area (Å²) in [7, 11) is 0. The van der Waals surface area contributed by atoms with Crippen LogP contribution in [0.2, 0.25) is 0 Å². The summed E-state index contributed by atoms with van der Waals surface area (Å²) in [4.78, 5) is 22.4. The van der Waals surface area contributed by atoms with Crippen molar-refractivity contribution in [3.8, 4) is 0 Å². The predicted octanol–water partition coefficient (Wildman–Crippen LogP) is 2.58. The molecule has 0 aliphatic carbocycles. The van der Waals surface area contributed by atoms with Crippen LogP contribution in [0.1, 0.15) is 32.3 Å². The average molecular weight is 295 g/mol. The molecule has 0 saturated carbocycles. The average Bonchev–Trinajstić information content (AvgIpc) is 2.41. The van der Waals surface area contributed by atoms with E-state index >= 15 is 0 Å². The van der Waals surface area contributed by atoms with Crippen LogP contribution in [0.5, 0.6) is 0 Å². The first-order chi connectivity index (χ1) is 9.83. The first-order valence-corrected chi connectivity index (χ1v) is 6.77. The van der Waals surface area contributed by atoms with Crippen molar-refractivity contribution in [1.82, 2.24) is 5.32 Å². The third kappa shape index (κ3) is 4.42. The Morgan fingerprint density at radius 3 is 2.67 bits per heavy atom. The fourth-order valence-corrected chi connectivity index (χ4v) is 1.96. The Morgan fingerprint density at radius 2 is 2.14 bits per heavy atom. The zero-order valence-electron chi connectivity index (χ0n) is 12.5. The lowest BCUT2D eigenvalue weighted by Gasteiger charge is -2.29. The number of nitrogens with one attached hydrogen (secondary N) is 2. The Hall–Kier alpha value is -2.15. The van der Waals surface area contributed by atoms with Crippen LogP contribution in [-0.2, 0) is 0 Å². The van der Waals surface area contributed by atoms with E-state index in [2.05, 4.69) is 10.6 Å². The highest BCUT2D eigenvalue weighted by Gasteiger charge is 2.24. The van der Waals surface area contributed by atoms with Crippen LogP contribution >= 0.6 is 0 Å². The van der Waals surface area contributed by atoms with E-state index in [1.807, 2.05) is 13.8 Å². The number of aliphatic hydroxyl groups is 1. The summed E-state index contributed by atoms with van der Waals surface area (Å²) in [6, 6.07) is 4.07. The summed E-state index contributed by atoms with van der Waals surface area (Å²) in [5.41, 5.74) is 0.233. The van der Waals surface area contributed by atoms with Gasteiger partial charge in [-0.2, -0.15) is 0 Å². The molecule has 0 fully saturated rings. The Kier molecular flexibility index (Phi) is 5.66. The first kappa shape index (κ1) is 16.9. The van der Waals surface area contributed by atoms with Crippen LogP contribution in [0.3, 0.4) is 0 Å². The maximum atomic E-state index is 12.0. The molecule has 1 rings (SSSR count). The number of aliphatic hydroxyl groups excluding tert-OH is 1. The number of nitro benzene ring substituents is 1. The number of amides is 2. The molecule has 1 aromatic rings. The van der Waals surface area contributed by atoms with Gasteiger partial charge in [-0.1, -0.05) is 13.0 Å². The molecule has 0 saturated heterocycles. The van der Waals surface area contributed by atoms with Crippen LogP contribution in [0.25, 0.3) is 0 Å². The number of nitro groups is 1. The number of carbonyl (C=O) groups excluding carboxylic acids is 1. The number of benzene rings is 1. The molecular formula is C14H21N3O4. The van der Waals surface area contributed by atoms with Crippen molar-refractivity contribution in [2.45, 2.75) is 39.2 Å². The second-order valence-electron chi connectivity index (χ2n) is 5.17. The highest BCUT2D eigenvalue weighted by Crippen LogP contribution is 2.25. The molecule has 7 nitrogen and oxygen atoms in total. The Bertz CT molecular complexity index is 533. The van der Waals surface area contributed by atoms with E-state index in [9.17, 15) is 14.9 Å². The Morgan fingerprint density at radius 1 is 1.48 bits per heavy atom. The summed E-state index contributed by atoms with van der Waals surface area (Å²) < 4.78 is 0. The van der Waals surface area contributed by atoms with Gasteiger partial charge in [-0.3, -0.25) is 10.1 Å². The summed E-state index contributed by atoms with van der Waals surface area (Å²) in [6.45, 7) is 5.30. The van der Waals surface area contributed by atoms with Gasteiger partial charge in [-0.05, 0) is 32.8 Å². The zero-order valence-corrected chi connectivity index (χ0v) is 12.5. The molecule has 3 N–H and O–H groups in total. The van der Waals surface area contributed by atoms with Gasteiger partial charge in [-0.25, -0.2) is 4.79 Å². The standard InChI is InChI=1S/C14H21N3O4/c1-4-14(3,8-9-18)16-13(19)15-11-6-5-7-12(10(11)2)17(20)21/h5-7,18H,4,8-9H2,1-3H3,(H2,15,16,19). The van der Waals surface area contributed by atoms with E-state index in [0.717, 1.165) is 0 Å².